The van der Waals surface area contributed by atoms with Gasteiger partial charge in [0.2, 0.25) is 5.91 Å². The van der Waals surface area contributed by atoms with E-state index >= 15 is 0 Å². The number of carbonyl (C=O) groups is 2. The van der Waals surface area contributed by atoms with Crippen molar-refractivity contribution in [1.29, 1.82) is 0 Å². The molecule has 0 spiro atoms. The average molecular weight is 406 g/mol. The summed E-state index contributed by atoms with van der Waals surface area (Å²) in [6.07, 6.45) is 1.84. The number of hydrogen-bond donors (Lipinski definition) is 1. The van der Waals surface area contributed by atoms with Gasteiger partial charge in [-0.1, -0.05) is 13.8 Å². The second kappa shape index (κ2) is 20.7. The molecule has 28 heavy (non-hydrogen) atoms. The van der Waals surface area contributed by atoms with Crippen molar-refractivity contribution in [2.45, 2.75) is 40.0 Å². The number of Topliss-reactive ketones (excluding diaryl/α,β-unsaturated/α-hetero) is 1. The highest BCUT2D eigenvalue weighted by Gasteiger charge is 2.01. The molecule has 0 aliphatic carbocycles. The van der Waals surface area contributed by atoms with Crippen molar-refractivity contribution in [1.82, 2.24) is 5.32 Å². The molecule has 0 heterocycles. The Balaban J connectivity index is 3.15. The number of carbonyl (C=O) groups excluding carboxylic acids is 2. The number of ketones is 1. The first kappa shape index (κ1) is 26.9. The molecule has 0 radical (unpaired) electrons. The lowest BCUT2D eigenvalue weighted by Gasteiger charge is -2.09. The number of amides is 1. The van der Waals surface area contributed by atoms with Crippen molar-refractivity contribution >= 4 is 11.7 Å². The third-order valence-electron chi connectivity index (χ3n) is 3.60. The Kier molecular flexibility index (Phi) is 19.9. The van der Waals surface area contributed by atoms with Crippen LogP contribution in [0.15, 0.2) is 0 Å². The molecule has 0 aliphatic rings. The van der Waals surface area contributed by atoms with Gasteiger partial charge < -0.3 is 29.0 Å². The minimum atomic E-state index is -0.0215. The fourth-order valence-electron chi connectivity index (χ4n) is 1.91. The molecule has 0 saturated heterocycles. The zero-order valence-electron chi connectivity index (χ0n) is 17.8. The van der Waals surface area contributed by atoms with Gasteiger partial charge in [0, 0.05) is 26.0 Å². The van der Waals surface area contributed by atoms with E-state index in [0.717, 1.165) is 6.42 Å². The molecule has 0 rings (SSSR count). The maximum Gasteiger partial charge on any atom is 0.222 e. The summed E-state index contributed by atoms with van der Waals surface area (Å²) in [7, 11) is 0. The molecule has 0 aromatic heterocycles. The minimum absolute atomic E-state index is 0.0215. The van der Waals surface area contributed by atoms with Gasteiger partial charge in [-0.05, 0) is 19.3 Å². The van der Waals surface area contributed by atoms with Crippen LogP contribution in [0.5, 0.6) is 0 Å². The van der Waals surface area contributed by atoms with Gasteiger partial charge in [-0.15, -0.1) is 0 Å². The average Bonchev–Trinajstić information content (AvgIpc) is 2.64. The summed E-state index contributed by atoms with van der Waals surface area (Å²) in [6.45, 7) is 11.3. The normalized spacial score (nSPS) is 11.1. The molecule has 0 fully saturated rings. The summed E-state index contributed by atoms with van der Waals surface area (Å²) < 4.78 is 26.7. The van der Waals surface area contributed by atoms with Crippen LogP contribution in [0.2, 0.25) is 0 Å². The molecule has 166 valence electrons. The highest BCUT2D eigenvalue weighted by atomic mass is 16.6. The van der Waals surface area contributed by atoms with Crippen molar-refractivity contribution < 1.29 is 33.3 Å². The third-order valence-corrected chi connectivity index (χ3v) is 3.60. The van der Waals surface area contributed by atoms with Crippen molar-refractivity contribution in [3.63, 3.8) is 0 Å². The predicted molar refractivity (Wildman–Crippen MR) is 106 cm³/mol. The van der Waals surface area contributed by atoms with Gasteiger partial charge >= 0.3 is 0 Å². The highest BCUT2D eigenvalue weighted by Crippen LogP contribution is 1.99. The lowest BCUT2D eigenvalue weighted by atomic mass is 10.1. The Morgan fingerprint density at radius 3 is 1.68 bits per heavy atom. The Labute approximate surface area is 169 Å². The summed E-state index contributed by atoms with van der Waals surface area (Å²) in [4.78, 5) is 22.3. The van der Waals surface area contributed by atoms with E-state index in [1.165, 1.54) is 0 Å². The molecule has 0 unspecified atom stereocenters. The van der Waals surface area contributed by atoms with Crippen LogP contribution < -0.4 is 5.32 Å². The van der Waals surface area contributed by atoms with Gasteiger partial charge in [0.1, 0.15) is 5.78 Å². The first-order valence-electron chi connectivity index (χ1n) is 10.2. The maximum absolute atomic E-state index is 11.6. The Morgan fingerprint density at radius 2 is 1.14 bits per heavy atom. The molecule has 8 heteroatoms. The first-order chi connectivity index (χ1) is 13.5. The van der Waals surface area contributed by atoms with Crippen molar-refractivity contribution in [2.24, 2.45) is 5.92 Å². The monoisotopic (exact) mass is 405 g/mol. The van der Waals surface area contributed by atoms with Crippen molar-refractivity contribution in [2.75, 3.05) is 72.6 Å². The number of ether oxygens (including phenoxy) is 5. The van der Waals surface area contributed by atoms with Crippen LogP contribution >= 0.6 is 0 Å². The summed E-state index contributed by atoms with van der Waals surface area (Å²) >= 11 is 0. The lowest BCUT2D eigenvalue weighted by Crippen LogP contribution is -2.28. The second-order valence-corrected chi connectivity index (χ2v) is 6.80. The molecule has 8 nitrogen and oxygen atoms in total. The topological polar surface area (TPSA) is 92.3 Å². The molecule has 0 saturated carbocycles. The second-order valence-electron chi connectivity index (χ2n) is 6.80. The van der Waals surface area contributed by atoms with Gasteiger partial charge in [0.05, 0.1) is 59.5 Å². The van der Waals surface area contributed by atoms with Crippen LogP contribution in [0.1, 0.15) is 40.0 Å². The van der Waals surface area contributed by atoms with E-state index in [2.05, 4.69) is 19.2 Å². The zero-order valence-corrected chi connectivity index (χ0v) is 17.8. The van der Waals surface area contributed by atoms with Crippen LogP contribution in [-0.4, -0.2) is 84.3 Å². The van der Waals surface area contributed by atoms with Crippen LogP contribution in [0, 0.1) is 5.92 Å². The summed E-state index contributed by atoms with van der Waals surface area (Å²) in [5, 5.41) is 2.79. The Morgan fingerprint density at radius 1 is 0.679 bits per heavy atom. The van der Waals surface area contributed by atoms with Crippen LogP contribution in [-0.2, 0) is 33.3 Å². The quantitative estimate of drug-likeness (QED) is 0.290. The summed E-state index contributed by atoms with van der Waals surface area (Å²) in [6, 6.07) is 0. The van der Waals surface area contributed by atoms with E-state index in [9.17, 15) is 9.59 Å². The van der Waals surface area contributed by atoms with Crippen LogP contribution in [0.25, 0.3) is 0 Å². The van der Waals surface area contributed by atoms with Crippen LogP contribution in [0.4, 0.5) is 0 Å². The van der Waals surface area contributed by atoms with Crippen LogP contribution in [0.3, 0.4) is 0 Å². The molecule has 0 aromatic carbocycles. The summed E-state index contributed by atoms with van der Waals surface area (Å²) in [5.74, 6) is 0.722. The Bertz CT molecular complexity index is 378. The van der Waals surface area contributed by atoms with E-state index in [1.54, 1.807) is 6.92 Å². The number of hydrogen-bond acceptors (Lipinski definition) is 7. The highest BCUT2D eigenvalue weighted by molar-refractivity contribution is 5.76. The molecule has 1 amide bonds. The van der Waals surface area contributed by atoms with E-state index in [-0.39, 0.29) is 11.7 Å². The molecule has 0 bridgehead atoms. The van der Waals surface area contributed by atoms with E-state index in [4.69, 9.17) is 23.7 Å². The zero-order chi connectivity index (χ0) is 20.9. The van der Waals surface area contributed by atoms with E-state index in [1.807, 2.05) is 0 Å². The van der Waals surface area contributed by atoms with Crippen molar-refractivity contribution in [3.05, 3.63) is 0 Å². The van der Waals surface area contributed by atoms with Gasteiger partial charge in [-0.2, -0.15) is 0 Å². The molecule has 1 N–H and O–H groups in total. The molecular weight excluding hydrogens is 366 g/mol. The maximum atomic E-state index is 11.6. The fourth-order valence-corrected chi connectivity index (χ4v) is 1.91. The standard InChI is InChI=1S/C20H39NO7/c1-18(2)4-8-24-10-6-20(23)21-7-11-26-13-15-28-17-16-27-14-12-25-9-5-19(3)22/h18H,4-17H2,1-3H3,(H,21,23). The largest absolute Gasteiger partial charge is 0.381 e. The number of rotatable bonds is 21. The van der Waals surface area contributed by atoms with Gasteiger partial charge in [-0.25, -0.2) is 0 Å². The molecule has 0 aromatic rings. The van der Waals surface area contributed by atoms with E-state index < -0.39 is 0 Å². The van der Waals surface area contributed by atoms with Gasteiger partial charge in [-0.3, -0.25) is 9.59 Å². The lowest BCUT2D eigenvalue weighted by molar-refractivity contribution is -0.122. The third kappa shape index (κ3) is 23.0. The SMILES string of the molecule is CC(=O)CCOCCOCCOCCOCCNC(=O)CCOCCC(C)C. The smallest absolute Gasteiger partial charge is 0.222 e. The molecular formula is C20H39NO7. The first-order valence-corrected chi connectivity index (χ1v) is 10.2. The predicted octanol–water partition coefficient (Wildman–Crippen LogP) is 1.60. The Hall–Kier alpha value is -1.06. The molecule has 0 aliphatic heterocycles. The van der Waals surface area contributed by atoms with Gasteiger partial charge in [0.25, 0.3) is 0 Å². The number of nitrogens with one attached hydrogen (secondary N) is 1. The van der Waals surface area contributed by atoms with Gasteiger partial charge in [0.15, 0.2) is 0 Å². The summed E-state index contributed by atoms with van der Waals surface area (Å²) in [5.41, 5.74) is 0. The van der Waals surface area contributed by atoms with E-state index in [0.29, 0.717) is 91.4 Å². The molecule has 0 atom stereocenters. The van der Waals surface area contributed by atoms with Crippen molar-refractivity contribution in [3.8, 4) is 0 Å². The minimum Gasteiger partial charge on any atom is -0.381 e. The fraction of sp³-hybridized carbons (Fsp3) is 0.900.